The van der Waals surface area contributed by atoms with Crippen LogP contribution in [0.5, 0.6) is 0 Å². The van der Waals surface area contributed by atoms with E-state index in [-0.39, 0.29) is 29.3 Å². The predicted molar refractivity (Wildman–Crippen MR) is 154 cm³/mol. The van der Waals surface area contributed by atoms with Crippen molar-refractivity contribution >= 4 is 33.4 Å². The zero-order valence-corrected chi connectivity index (χ0v) is 23.4. The van der Waals surface area contributed by atoms with E-state index >= 15 is 0 Å². The van der Waals surface area contributed by atoms with Crippen LogP contribution in [0.25, 0.3) is 10.2 Å². The van der Waals surface area contributed by atoms with E-state index in [1.165, 1.54) is 22.6 Å². The first-order valence-corrected chi connectivity index (χ1v) is 14.6. The molecular weight excluding hydrogens is 494 g/mol. The minimum Gasteiger partial charge on any atom is -0.348 e. The summed E-state index contributed by atoms with van der Waals surface area (Å²) in [6, 6.07) is 11.6. The molecule has 2 aliphatic rings. The van der Waals surface area contributed by atoms with Gasteiger partial charge in [-0.05, 0) is 91.9 Å². The lowest BCUT2D eigenvalue weighted by atomic mass is 9.71. The van der Waals surface area contributed by atoms with E-state index in [0.29, 0.717) is 29.3 Å². The number of pyridine rings is 1. The number of hydrogen-bond donors (Lipinski definition) is 4. The predicted octanol–water partition coefficient (Wildman–Crippen LogP) is 4.36. The van der Waals surface area contributed by atoms with Crippen molar-refractivity contribution in [1.82, 2.24) is 20.9 Å². The maximum atomic E-state index is 13.4. The maximum absolute atomic E-state index is 13.4. The summed E-state index contributed by atoms with van der Waals surface area (Å²) in [6.07, 6.45) is 4.70. The number of nitrogens with one attached hydrogen (secondary N) is 3. The third kappa shape index (κ3) is 5.92. The van der Waals surface area contributed by atoms with Gasteiger partial charge in [-0.3, -0.25) is 9.59 Å². The third-order valence-corrected chi connectivity index (χ3v) is 9.07. The molecule has 0 spiro atoms. The molecule has 0 saturated carbocycles. The van der Waals surface area contributed by atoms with Crippen LogP contribution >= 0.6 is 11.3 Å². The molecule has 0 bridgehead atoms. The Bertz CT molecular complexity index is 1320. The van der Waals surface area contributed by atoms with Crippen LogP contribution in [0.15, 0.2) is 36.4 Å². The van der Waals surface area contributed by atoms with Gasteiger partial charge in [0.05, 0.1) is 10.9 Å². The average molecular weight is 534 g/mol. The molecule has 1 aliphatic heterocycles. The summed E-state index contributed by atoms with van der Waals surface area (Å²) < 4.78 is 0. The van der Waals surface area contributed by atoms with E-state index in [4.69, 9.17) is 10.7 Å². The summed E-state index contributed by atoms with van der Waals surface area (Å²) in [6.45, 7) is 9.08. The van der Waals surface area contributed by atoms with Crippen molar-refractivity contribution in [3.63, 3.8) is 0 Å². The minimum absolute atomic E-state index is 0.0911. The molecule has 38 heavy (non-hydrogen) atoms. The summed E-state index contributed by atoms with van der Waals surface area (Å²) >= 11 is 1.44. The van der Waals surface area contributed by atoms with Crippen LogP contribution < -0.4 is 21.7 Å². The van der Waals surface area contributed by atoms with Gasteiger partial charge < -0.3 is 21.7 Å². The summed E-state index contributed by atoms with van der Waals surface area (Å²) in [5, 5.41) is 10.6. The summed E-state index contributed by atoms with van der Waals surface area (Å²) in [5.41, 5.74) is 10.2. The number of aromatic nitrogens is 1. The minimum atomic E-state index is -0.285. The van der Waals surface area contributed by atoms with E-state index in [0.717, 1.165) is 54.6 Å². The quantitative estimate of drug-likeness (QED) is 0.361. The number of carbonyl (C=O) groups is 2. The summed E-state index contributed by atoms with van der Waals surface area (Å²) in [4.78, 5) is 32.7. The average Bonchev–Trinajstić information content (AvgIpc) is 3.55. The fourth-order valence-electron chi connectivity index (χ4n) is 5.64. The molecule has 2 amide bonds. The highest BCUT2D eigenvalue weighted by Crippen LogP contribution is 2.38. The molecule has 2 aromatic heterocycles. The smallest absolute Gasteiger partial charge is 0.261 e. The lowest BCUT2D eigenvalue weighted by molar-refractivity contribution is 0.0934. The number of nitrogens with two attached hydrogens (primary N) is 1. The molecule has 3 aromatic rings. The molecule has 7 nitrogen and oxygen atoms in total. The number of carbonyl (C=O) groups excluding carboxylic acids is 2. The lowest BCUT2D eigenvalue weighted by Crippen LogP contribution is -2.36. The second-order valence-corrected chi connectivity index (χ2v) is 12.8. The Morgan fingerprint density at radius 2 is 2.03 bits per heavy atom. The number of hydrogen-bond acceptors (Lipinski definition) is 6. The van der Waals surface area contributed by atoms with Crippen molar-refractivity contribution in [3.8, 4) is 0 Å². The molecule has 5 rings (SSSR count). The van der Waals surface area contributed by atoms with E-state index in [1.54, 1.807) is 0 Å². The number of amides is 2. The first-order chi connectivity index (χ1) is 18.2. The molecular formula is C30H39N5O2S. The van der Waals surface area contributed by atoms with Crippen LogP contribution in [-0.2, 0) is 12.8 Å². The lowest BCUT2D eigenvalue weighted by Gasteiger charge is -2.34. The fourth-order valence-corrected chi connectivity index (χ4v) is 6.57. The molecule has 202 valence electrons. The van der Waals surface area contributed by atoms with Crippen molar-refractivity contribution in [2.45, 2.75) is 65.0 Å². The number of thiophene rings is 1. The molecule has 2 unspecified atom stereocenters. The Kier molecular flexibility index (Phi) is 7.84. The Morgan fingerprint density at radius 3 is 2.76 bits per heavy atom. The fraction of sp³-hybridized carbons (Fsp3) is 0.500. The molecule has 3 heterocycles. The van der Waals surface area contributed by atoms with Gasteiger partial charge in [0.15, 0.2) is 0 Å². The first kappa shape index (κ1) is 26.8. The van der Waals surface area contributed by atoms with Gasteiger partial charge in [-0.1, -0.05) is 32.9 Å². The van der Waals surface area contributed by atoms with E-state index in [1.807, 2.05) is 30.3 Å². The summed E-state index contributed by atoms with van der Waals surface area (Å²) in [5.74, 6) is 0.413. The normalized spacial score (nSPS) is 20.2. The third-order valence-electron chi connectivity index (χ3n) is 8.03. The van der Waals surface area contributed by atoms with Gasteiger partial charge in [0.25, 0.3) is 11.8 Å². The molecule has 1 saturated heterocycles. The van der Waals surface area contributed by atoms with Crippen LogP contribution in [0.2, 0.25) is 0 Å². The maximum Gasteiger partial charge on any atom is 0.261 e. The Labute approximate surface area is 229 Å². The number of nitrogens with zero attached hydrogens (tertiary/aromatic N) is 1. The Hall–Kier alpha value is -2.81. The number of rotatable bonds is 7. The second kappa shape index (κ2) is 11.1. The van der Waals surface area contributed by atoms with Crippen molar-refractivity contribution in [1.29, 1.82) is 0 Å². The highest BCUT2D eigenvalue weighted by Gasteiger charge is 2.30. The molecule has 3 atom stereocenters. The number of aryl methyl sites for hydroxylation is 1. The summed E-state index contributed by atoms with van der Waals surface area (Å²) in [7, 11) is 0. The van der Waals surface area contributed by atoms with Gasteiger partial charge in [0, 0.05) is 29.2 Å². The van der Waals surface area contributed by atoms with Gasteiger partial charge in [0.2, 0.25) is 0 Å². The van der Waals surface area contributed by atoms with Crippen LogP contribution in [0.4, 0.5) is 0 Å². The molecule has 5 N–H and O–H groups in total. The molecule has 1 fully saturated rings. The second-order valence-electron chi connectivity index (χ2n) is 11.8. The zero-order chi connectivity index (χ0) is 26.9. The number of benzene rings is 1. The molecule has 1 aliphatic carbocycles. The highest BCUT2D eigenvalue weighted by atomic mass is 32.1. The van der Waals surface area contributed by atoms with Gasteiger partial charge in [-0.25, -0.2) is 4.98 Å². The standard InChI is InChI=1S/C30H39N5O2S/c1-30(2,3)22-7-8-24-20(15-22)14-21-16-26(38-29(21)35-24)28(37)34-25(9-11-31)18-5-4-6-19(13-18)27(36)33-23-10-12-32-17-23/h4-6,13-14,16,22-23,25,32H,7-12,15,17,31H2,1-3H3,(H,33,36)(H,34,37)/t22?,23?,25-/m1/s1. The number of fused-ring (bicyclic) bond motifs is 2. The SMILES string of the molecule is CC(C)(C)C1CCc2nc3sc(C(=O)N[C@H](CCN)c4cccc(C(=O)NC5CCNC5)c4)cc3cc2C1. The van der Waals surface area contributed by atoms with Gasteiger partial charge in [-0.2, -0.15) is 0 Å². The topological polar surface area (TPSA) is 109 Å². The van der Waals surface area contributed by atoms with Crippen molar-refractivity contribution < 1.29 is 9.59 Å². The highest BCUT2D eigenvalue weighted by molar-refractivity contribution is 7.20. The van der Waals surface area contributed by atoms with E-state index < -0.39 is 0 Å². The molecule has 0 radical (unpaired) electrons. The van der Waals surface area contributed by atoms with Crippen LogP contribution in [-0.4, -0.2) is 42.5 Å². The molecule has 1 aromatic carbocycles. The molecule has 8 heteroatoms. The Morgan fingerprint density at radius 1 is 1.18 bits per heavy atom. The monoisotopic (exact) mass is 533 g/mol. The zero-order valence-electron chi connectivity index (χ0n) is 22.6. The van der Waals surface area contributed by atoms with Crippen molar-refractivity contribution in [2.24, 2.45) is 17.1 Å². The van der Waals surface area contributed by atoms with Crippen molar-refractivity contribution in [2.75, 3.05) is 19.6 Å². The van der Waals surface area contributed by atoms with Gasteiger partial charge in [-0.15, -0.1) is 11.3 Å². The van der Waals surface area contributed by atoms with E-state index in [9.17, 15) is 9.59 Å². The van der Waals surface area contributed by atoms with Crippen molar-refractivity contribution in [3.05, 3.63) is 63.7 Å². The largest absolute Gasteiger partial charge is 0.348 e. The van der Waals surface area contributed by atoms with Crippen LogP contribution in [0.1, 0.15) is 82.9 Å². The van der Waals surface area contributed by atoms with Gasteiger partial charge in [0.1, 0.15) is 4.83 Å². The van der Waals surface area contributed by atoms with Crippen LogP contribution in [0.3, 0.4) is 0 Å². The first-order valence-electron chi connectivity index (χ1n) is 13.8. The van der Waals surface area contributed by atoms with Gasteiger partial charge >= 0.3 is 0 Å². The van der Waals surface area contributed by atoms with Crippen LogP contribution in [0, 0.1) is 11.3 Å². The van der Waals surface area contributed by atoms with E-state index in [2.05, 4.69) is 42.8 Å². The Balaban J connectivity index is 1.32.